The van der Waals surface area contributed by atoms with E-state index in [-0.39, 0.29) is 5.82 Å². The number of aryl methyl sites for hydroxylation is 1. The van der Waals surface area contributed by atoms with Crippen molar-refractivity contribution in [3.8, 4) is 5.69 Å². The molecule has 0 radical (unpaired) electrons. The molecule has 0 bridgehead atoms. The standard InChI is InChI=1S/C16H21ClFN3/c1-5-19-9-10(2)15-11(3)20-21(12(15)4)16-13(17)7-6-8-14(16)18/h6-8,10,19H,5,9H2,1-4H3. The Hall–Kier alpha value is -1.39. The average Bonchev–Trinajstić information content (AvgIpc) is 2.71. The summed E-state index contributed by atoms with van der Waals surface area (Å²) < 4.78 is 15.7. The molecule has 1 heterocycles. The normalized spacial score (nSPS) is 12.7. The minimum absolute atomic E-state index is 0.309. The van der Waals surface area contributed by atoms with Crippen LogP contribution in [0.4, 0.5) is 4.39 Å². The van der Waals surface area contributed by atoms with E-state index in [4.69, 9.17) is 11.6 Å². The molecule has 1 atom stereocenters. The molecule has 2 rings (SSSR count). The lowest BCUT2D eigenvalue weighted by Gasteiger charge is -2.13. The predicted molar refractivity (Wildman–Crippen MR) is 85.0 cm³/mol. The number of hydrogen-bond donors (Lipinski definition) is 1. The van der Waals surface area contributed by atoms with E-state index in [1.54, 1.807) is 16.8 Å². The largest absolute Gasteiger partial charge is 0.316 e. The summed E-state index contributed by atoms with van der Waals surface area (Å²) in [5.41, 5.74) is 3.32. The number of halogens is 2. The second-order valence-corrected chi connectivity index (χ2v) is 5.68. The summed E-state index contributed by atoms with van der Waals surface area (Å²) in [6.07, 6.45) is 0. The zero-order chi connectivity index (χ0) is 15.6. The van der Waals surface area contributed by atoms with Crippen molar-refractivity contribution >= 4 is 11.6 Å². The van der Waals surface area contributed by atoms with Gasteiger partial charge in [-0.3, -0.25) is 0 Å². The number of para-hydroxylation sites is 1. The highest BCUT2D eigenvalue weighted by Gasteiger charge is 2.20. The number of benzene rings is 1. The van der Waals surface area contributed by atoms with E-state index < -0.39 is 0 Å². The predicted octanol–water partition coefficient (Wildman–Crippen LogP) is 3.99. The van der Waals surface area contributed by atoms with Crippen molar-refractivity contribution in [3.63, 3.8) is 0 Å². The van der Waals surface area contributed by atoms with E-state index in [1.165, 1.54) is 6.07 Å². The maximum absolute atomic E-state index is 14.1. The molecular formula is C16H21ClFN3. The average molecular weight is 310 g/mol. The first kappa shape index (κ1) is 16.0. The molecule has 0 saturated carbocycles. The van der Waals surface area contributed by atoms with Crippen molar-refractivity contribution in [2.45, 2.75) is 33.6 Å². The molecule has 21 heavy (non-hydrogen) atoms. The van der Waals surface area contributed by atoms with E-state index in [0.29, 0.717) is 16.6 Å². The summed E-state index contributed by atoms with van der Waals surface area (Å²) in [4.78, 5) is 0. The molecule has 0 saturated heterocycles. The number of aromatic nitrogens is 2. The summed E-state index contributed by atoms with van der Waals surface area (Å²) in [5.74, 6) is -0.0526. The molecular weight excluding hydrogens is 289 g/mol. The molecule has 2 aromatic rings. The van der Waals surface area contributed by atoms with Crippen LogP contribution in [0.15, 0.2) is 18.2 Å². The van der Waals surface area contributed by atoms with Crippen molar-refractivity contribution in [2.75, 3.05) is 13.1 Å². The molecule has 0 aliphatic carbocycles. The molecule has 1 unspecified atom stereocenters. The molecule has 0 aliphatic rings. The lowest BCUT2D eigenvalue weighted by Crippen LogP contribution is -2.20. The molecule has 5 heteroatoms. The zero-order valence-corrected chi connectivity index (χ0v) is 13.6. The number of nitrogens with zero attached hydrogens (tertiary/aromatic N) is 2. The molecule has 0 amide bonds. The first-order chi connectivity index (χ1) is 9.97. The Morgan fingerprint density at radius 3 is 2.71 bits per heavy atom. The monoisotopic (exact) mass is 309 g/mol. The molecule has 1 N–H and O–H groups in total. The topological polar surface area (TPSA) is 29.9 Å². The fraction of sp³-hybridized carbons (Fsp3) is 0.438. The van der Waals surface area contributed by atoms with E-state index >= 15 is 0 Å². The summed E-state index contributed by atoms with van der Waals surface area (Å²) in [7, 11) is 0. The fourth-order valence-electron chi connectivity index (χ4n) is 2.74. The smallest absolute Gasteiger partial charge is 0.150 e. The quantitative estimate of drug-likeness (QED) is 0.905. The summed E-state index contributed by atoms with van der Waals surface area (Å²) >= 11 is 6.15. The van der Waals surface area contributed by atoms with Crippen molar-refractivity contribution in [1.29, 1.82) is 0 Å². The van der Waals surface area contributed by atoms with Gasteiger partial charge in [0.1, 0.15) is 11.5 Å². The van der Waals surface area contributed by atoms with Crippen molar-refractivity contribution in [2.24, 2.45) is 0 Å². The van der Waals surface area contributed by atoms with Gasteiger partial charge in [0.2, 0.25) is 0 Å². The van der Waals surface area contributed by atoms with E-state index in [0.717, 1.165) is 30.0 Å². The highest BCUT2D eigenvalue weighted by Crippen LogP contribution is 2.29. The first-order valence-electron chi connectivity index (χ1n) is 7.18. The van der Waals surface area contributed by atoms with Gasteiger partial charge in [0.25, 0.3) is 0 Å². The highest BCUT2D eigenvalue weighted by molar-refractivity contribution is 6.32. The minimum Gasteiger partial charge on any atom is -0.316 e. The van der Waals surface area contributed by atoms with Crippen LogP contribution in [0.3, 0.4) is 0 Å². The van der Waals surface area contributed by atoms with Gasteiger partial charge in [-0.15, -0.1) is 0 Å². The van der Waals surface area contributed by atoms with Gasteiger partial charge < -0.3 is 5.32 Å². The summed E-state index contributed by atoms with van der Waals surface area (Å²) in [6, 6.07) is 4.68. The second-order valence-electron chi connectivity index (χ2n) is 5.28. The van der Waals surface area contributed by atoms with Crippen LogP contribution in [0.25, 0.3) is 5.69 Å². The Morgan fingerprint density at radius 2 is 2.10 bits per heavy atom. The number of likely N-dealkylation sites (N-methyl/N-ethyl adjacent to an activating group) is 1. The Balaban J connectivity index is 2.49. The van der Waals surface area contributed by atoms with Gasteiger partial charge >= 0.3 is 0 Å². The van der Waals surface area contributed by atoms with Gasteiger partial charge in [-0.05, 0) is 38.4 Å². The van der Waals surface area contributed by atoms with Gasteiger partial charge in [-0.25, -0.2) is 9.07 Å². The van der Waals surface area contributed by atoms with Crippen molar-refractivity contribution in [3.05, 3.63) is 46.0 Å². The maximum atomic E-state index is 14.1. The van der Waals surface area contributed by atoms with Crippen LogP contribution in [0.5, 0.6) is 0 Å². The SMILES string of the molecule is CCNCC(C)c1c(C)nn(-c2c(F)cccc2Cl)c1C. The lowest BCUT2D eigenvalue weighted by atomic mass is 9.99. The first-order valence-corrected chi connectivity index (χ1v) is 7.56. The van der Waals surface area contributed by atoms with Crippen LogP contribution in [-0.4, -0.2) is 22.9 Å². The third-order valence-corrected chi connectivity index (χ3v) is 3.99. The molecule has 0 aliphatic heterocycles. The van der Waals surface area contributed by atoms with Crippen LogP contribution in [-0.2, 0) is 0 Å². The zero-order valence-electron chi connectivity index (χ0n) is 12.9. The fourth-order valence-corrected chi connectivity index (χ4v) is 2.98. The number of hydrogen-bond acceptors (Lipinski definition) is 2. The van der Waals surface area contributed by atoms with Crippen LogP contribution >= 0.6 is 11.6 Å². The van der Waals surface area contributed by atoms with E-state index in [1.807, 2.05) is 13.8 Å². The molecule has 0 spiro atoms. The van der Waals surface area contributed by atoms with Crippen molar-refractivity contribution < 1.29 is 4.39 Å². The molecule has 3 nitrogen and oxygen atoms in total. The summed E-state index contributed by atoms with van der Waals surface area (Å²) in [6.45, 7) is 9.93. The number of nitrogens with one attached hydrogen (secondary N) is 1. The maximum Gasteiger partial charge on any atom is 0.150 e. The minimum atomic E-state index is -0.362. The van der Waals surface area contributed by atoms with Gasteiger partial charge in [-0.1, -0.05) is 31.5 Å². The third-order valence-electron chi connectivity index (χ3n) is 3.69. The number of rotatable bonds is 5. The Labute approximate surface area is 130 Å². The Bertz CT molecular complexity index is 616. The molecule has 114 valence electrons. The highest BCUT2D eigenvalue weighted by atomic mass is 35.5. The van der Waals surface area contributed by atoms with E-state index in [2.05, 4.69) is 24.3 Å². The van der Waals surface area contributed by atoms with Gasteiger partial charge in [0.05, 0.1) is 10.7 Å². The van der Waals surface area contributed by atoms with Gasteiger partial charge in [0, 0.05) is 17.8 Å². The lowest BCUT2D eigenvalue weighted by molar-refractivity contribution is 0.607. The summed E-state index contributed by atoms with van der Waals surface area (Å²) in [5, 5.41) is 8.20. The van der Waals surface area contributed by atoms with Crippen LogP contribution < -0.4 is 5.32 Å². The van der Waals surface area contributed by atoms with E-state index in [9.17, 15) is 4.39 Å². The molecule has 1 aromatic carbocycles. The van der Waals surface area contributed by atoms with Gasteiger partial charge in [0.15, 0.2) is 0 Å². The van der Waals surface area contributed by atoms with Gasteiger partial charge in [-0.2, -0.15) is 5.10 Å². The Morgan fingerprint density at radius 1 is 1.38 bits per heavy atom. The molecule has 1 aromatic heterocycles. The van der Waals surface area contributed by atoms with Crippen LogP contribution in [0.1, 0.15) is 36.7 Å². The Kier molecular flexibility index (Phi) is 5.01. The van der Waals surface area contributed by atoms with Crippen molar-refractivity contribution in [1.82, 2.24) is 15.1 Å². The molecule has 0 fully saturated rings. The van der Waals surface area contributed by atoms with Crippen LogP contribution in [0.2, 0.25) is 5.02 Å². The second kappa shape index (κ2) is 6.58. The van der Waals surface area contributed by atoms with Crippen LogP contribution in [0, 0.1) is 19.7 Å². The third kappa shape index (κ3) is 3.11.